The average Bonchev–Trinajstić information content (AvgIpc) is 2.77. The van der Waals surface area contributed by atoms with E-state index in [0.29, 0.717) is 4.47 Å². The van der Waals surface area contributed by atoms with Crippen molar-refractivity contribution in [2.75, 3.05) is 4.72 Å². The number of anilines is 1. The highest BCUT2D eigenvalue weighted by molar-refractivity contribution is 9.10. The first kappa shape index (κ1) is 15.5. The first-order chi connectivity index (χ1) is 9.70. The lowest BCUT2D eigenvalue weighted by Crippen LogP contribution is -2.13. The van der Waals surface area contributed by atoms with Crippen molar-refractivity contribution in [2.45, 2.75) is 4.90 Å². The number of aryl methyl sites for hydroxylation is 1. The second kappa shape index (κ2) is 5.49. The van der Waals surface area contributed by atoms with Crippen LogP contribution in [0.1, 0.15) is 10.5 Å². The molecule has 0 fully saturated rings. The molecule has 0 spiro atoms. The largest absolute Gasteiger partial charge is 0.477 e. The minimum atomic E-state index is -4.08. The summed E-state index contributed by atoms with van der Waals surface area (Å²) in [5.41, 5.74) is -0.421. The fourth-order valence-electron chi connectivity index (χ4n) is 1.67. The van der Waals surface area contributed by atoms with E-state index in [1.165, 1.54) is 19.2 Å². The molecule has 0 amide bonds. The van der Waals surface area contributed by atoms with Gasteiger partial charge in [0.05, 0.1) is 5.69 Å². The van der Waals surface area contributed by atoms with Crippen LogP contribution in [0.2, 0.25) is 0 Å². The van der Waals surface area contributed by atoms with Crippen molar-refractivity contribution in [2.24, 2.45) is 7.05 Å². The van der Waals surface area contributed by atoms with Crippen molar-refractivity contribution >= 4 is 37.6 Å². The maximum absolute atomic E-state index is 13.6. The van der Waals surface area contributed by atoms with Gasteiger partial charge < -0.3 is 9.67 Å². The average molecular weight is 377 g/mol. The molecule has 1 aromatic heterocycles. The SMILES string of the molecule is Cn1cc(S(=O)(=O)Nc2cc(Br)ccc2F)cc1C(=O)O. The Morgan fingerprint density at radius 3 is 2.62 bits per heavy atom. The Morgan fingerprint density at radius 1 is 1.38 bits per heavy atom. The van der Waals surface area contributed by atoms with Crippen molar-refractivity contribution < 1.29 is 22.7 Å². The van der Waals surface area contributed by atoms with Crippen molar-refractivity contribution in [3.63, 3.8) is 0 Å². The first-order valence-corrected chi connectivity index (χ1v) is 7.86. The van der Waals surface area contributed by atoms with Crippen LogP contribution in [-0.2, 0) is 17.1 Å². The second-order valence-electron chi connectivity index (χ2n) is 4.21. The van der Waals surface area contributed by atoms with Gasteiger partial charge in [-0.3, -0.25) is 4.72 Å². The highest BCUT2D eigenvalue weighted by atomic mass is 79.9. The Labute approximate surface area is 128 Å². The monoisotopic (exact) mass is 376 g/mol. The Balaban J connectivity index is 2.41. The first-order valence-electron chi connectivity index (χ1n) is 5.58. The van der Waals surface area contributed by atoms with E-state index in [4.69, 9.17) is 5.11 Å². The van der Waals surface area contributed by atoms with Crippen LogP contribution in [0.4, 0.5) is 10.1 Å². The predicted octanol–water partition coefficient (Wildman–Crippen LogP) is 2.43. The molecule has 0 aliphatic rings. The van der Waals surface area contributed by atoms with Crippen molar-refractivity contribution in [3.8, 4) is 0 Å². The molecular weight excluding hydrogens is 367 g/mol. The summed E-state index contributed by atoms with van der Waals surface area (Å²) < 4.78 is 41.6. The normalized spacial score (nSPS) is 11.4. The third kappa shape index (κ3) is 3.24. The Morgan fingerprint density at radius 2 is 2.05 bits per heavy atom. The highest BCUT2D eigenvalue weighted by Gasteiger charge is 2.21. The molecule has 21 heavy (non-hydrogen) atoms. The van der Waals surface area contributed by atoms with Crippen molar-refractivity contribution in [1.29, 1.82) is 0 Å². The van der Waals surface area contributed by atoms with E-state index in [1.54, 1.807) is 0 Å². The standard InChI is InChI=1S/C12H10BrFN2O4S/c1-16-6-8(5-11(16)12(17)18)21(19,20)15-10-4-7(13)2-3-9(10)14/h2-6,15H,1H3,(H,17,18). The van der Waals surface area contributed by atoms with Crippen LogP contribution in [0.5, 0.6) is 0 Å². The zero-order valence-corrected chi connectivity index (χ0v) is 13.1. The number of aromatic nitrogens is 1. The number of rotatable bonds is 4. The number of sulfonamides is 1. The number of benzene rings is 1. The number of nitrogens with one attached hydrogen (secondary N) is 1. The lowest BCUT2D eigenvalue weighted by Gasteiger charge is -2.07. The van der Waals surface area contributed by atoms with Gasteiger partial charge in [0.2, 0.25) is 0 Å². The van der Waals surface area contributed by atoms with Gasteiger partial charge in [-0.15, -0.1) is 0 Å². The van der Waals surface area contributed by atoms with Gasteiger partial charge in [-0.2, -0.15) is 0 Å². The van der Waals surface area contributed by atoms with Gasteiger partial charge in [-0.05, 0) is 24.3 Å². The molecule has 0 radical (unpaired) electrons. The van der Waals surface area contributed by atoms with Crippen LogP contribution in [0.15, 0.2) is 39.8 Å². The summed E-state index contributed by atoms with van der Waals surface area (Å²) in [5, 5.41) is 8.91. The van der Waals surface area contributed by atoms with Gasteiger partial charge in [0.1, 0.15) is 16.4 Å². The summed E-state index contributed by atoms with van der Waals surface area (Å²) in [6, 6.07) is 4.81. The van der Waals surface area contributed by atoms with Crippen LogP contribution in [-0.4, -0.2) is 24.1 Å². The molecule has 6 nitrogen and oxygen atoms in total. The number of carbonyl (C=O) groups is 1. The van der Waals surface area contributed by atoms with E-state index in [2.05, 4.69) is 20.7 Å². The van der Waals surface area contributed by atoms with Gasteiger partial charge in [0.25, 0.3) is 10.0 Å². The summed E-state index contributed by atoms with van der Waals surface area (Å²) in [5.74, 6) is -2.00. The zero-order valence-electron chi connectivity index (χ0n) is 10.7. The van der Waals surface area contributed by atoms with E-state index in [-0.39, 0.29) is 16.3 Å². The van der Waals surface area contributed by atoms with Gasteiger partial charge in [0.15, 0.2) is 0 Å². The molecule has 0 atom stereocenters. The molecule has 2 N–H and O–H groups in total. The quantitative estimate of drug-likeness (QED) is 0.857. The van der Waals surface area contributed by atoms with Crippen molar-refractivity contribution in [3.05, 3.63) is 46.4 Å². The molecule has 9 heteroatoms. The van der Waals surface area contributed by atoms with E-state index in [1.807, 2.05) is 0 Å². The maximum Gasteiger partial charge on any atom is 0.352 e. The smallest absolute Gasteiger partial charge is 0.352 e. The molecular formula is C12H10BrFN2O4S. The van der Waals surface area contributed by atoms with E-state index < -0.39 is 21.8 Å². The van der Waals surface area contributed by atoms with Crippen LogP contribution < -0.4 is 4.72 Å². The fourth-order valence-corrected chi connectivity index (χ4v) is 3.16. The molecule has 0 bridgehead atoms. The molecule has 112 valence electrons. The van der Waals surface area contributed by atoms with Gasteiger partial charge >= 0.3 is 5.97 Å². The number of carboxylic acids is 1. The lowest BCUT2D eigenvalue weighted by atomic mass is 10.3. The van der Waals surface area contributed by atoms with Gasteiger partial charge in [-0.1, -0.05) is 15.9 Å². The maximum atomic E-state index is 13.6. The summed E-state index contributed by atoms with van der Waals surface area (Å²) in [7, 11) is -2.68. The van der Waals surface area contributed by atoms with E-state index in [0.717, 1.165) is 22.9 Å². The predicted molar refractivity (Wildman–Crippen MR) is 77.3 cm³/mol. The number of carboxylic acid groups (broad SMARTS) is 1. The van der Waals surface area contributed by atoms with Crippen LogP contribution in [0.3, 0.4) is 0 Å². The van der Waals surface area contributed by atoms with Crippen LogP contribution in [0, 0.1) is 5.82 Å². The summed E-state index contributed by atoms with van der Waals surface area (Å²) in [4.78, 5) is 10.7. The third-order valence-electron chi connectivity index (χ3n) is 2.68. The van der Waals surface area contributed by atoms with Gasteiger partial charge in [-0.25, -0.2) is 17.6 Å². The molecule has 1 aromatic carbocycles. The summed E-state index contributed by atoms with van der Waals surface area (Å²) in [6.45, 7) is 0. The number of hydrogen-bond acceptors (Lipinski definition) is 3. The molecule has 0 aliphatic carbocycles. The van der Waals surface area contributed by atoms with Crippen LogP contribution in [0.25, 0.3) is 0 Å². The molecule has 0 saturated heterocycles. The number of nitrogens with zero attached hydrogens (tertiary/aromatic N) is 1. The summed E-state index contributed by atoms with van der Waals surface area (Å²) in [6.07, 6.45) is 1.14. The minimum absolute atomic E-state index is 0.190. The fraction of sp³-hybridized carbons (Fsp3) is 0.0833. The van der Waals surface area contributed by atoms with Crippen molar-refractivity contribution in [1.82, 2.24) is 4.57 Å². The number of aromatic carboxylic acids is 1. The molecule has 2 aromatic rings. The lowest BCUT2D eigenvalue weighted by molar-refractivity contribution is 0.0686. The van der Waals surface area contributed by atoms with Gasteiger partial charge in [0, 0.05) is 17.7 Å². The van der Waals surface area contributed by atoms with E-state index in [9.17, 15) is 17.6 Å². The van der Waals surface area contributed by atoms with Crippen LogP contribution >= 0.6 is 15.9 Å². The zero-order chi connectivity index (χ0) is 15.8. The molecule has 0 aliphatic heterocycles. The third-order valence-corrected chi connectivity index (χ3v) is 4.51. The Kier molecular flexibility index (Phi) is 4.06. The highest BCUT2D eigenvalue weighted by Crippen LogP contribution is 2.24. The topological polar surface area (TPSA) is 88.4 Å². The number of halogens is 2. The summed E-state index contributed by atoms with van der Waals surface area (Å²) >= 11 is 3.11. The molecule has 2 rings (SSSR count). The Bertz CT molecular complexity index is 817. The molecule has 0 saturated carbocycles. The minimum Gasteiger partial charge on any atom is -0.477 e. The molecule has 0 unspecified atom stereocenters. The Hall–Kier alpha value is -1.87. The van der Waals surface area contributed by atoms with E-state index >= 15 is 0 Å². The number of hydrogen-bond donors (Lipinski definition) is 2. The second-order valence-corrected chi connectivity index (χ2v) is 6.80. The molecule has 1 heterocycles.